The number of benzene rings is 1. The Morgan fingerprint density at radius 3 is 2.76 bits per heavy atom. The first-order valence-electron chi connectivity index (χ1n) is 7.38. The Morgan fingerprint density at radius 2 is 2.00 bits per heavy atom. The zero-order valence-electron chi connectivity index (χ0n) is 11.7. The third-order valence-corrected chi connectivity index (χ3v) is 4.67. The van der Waals surface area contributed by atoms with E-state index < -0.39 is 0 Å². The van der Waals surface area contributed by atoms with E-state index in [9.17, 15) is 9.90 Å². The molecule has 0 aliphatic carbocycles. The van der Waals surface area contributed by atoms with Gasteiger partial charge in [0.2, 0.25) is 0 Å². The molecular formula is C16H18N2O3. The molecule has 1 aromatic carbocycles. The van der Waals surface area contributed by atoms with E-state index in [1.54, 1.807) is 12.1 Å². The van der Waals surface area contributed by atoms with E-state index in [0.717, 1.165) is 55.5 Å². The standard InChI is InChI=1S/C16H18N2O3/c19-13-1-2-14-10(3-16(20)21-15(14)4-13)7-18-8-11-5-17-6-12(11)9-18/h1-4,11-12,17,19H,5-9H2. The van der Waals surface area contributed by atoms with Crippen molar-refractivity contribution in [1.82, 2.24) is 10.2 Å². The second-order valence-electron chi connectivity index (χ2n) is 6.14. The van der Waals surface area contributed by atoms with Gasteiger partial charge in [0.1, 0.15) is 11.3 Å². The molecule has 0 bridgehead atoms. The summed E-state index contributed by atoms with van der Waals surface area (Å²) in [6.07, 6.45) is 0. The van der Waals surface area contributed by atoms with Gasteiger partial charge in [-0.1, -0.05) is 0 Å². The van der Waals surface area contributed by atoms with Crippen LogP contribution in [0.15, 0.2) is 33.5 Å². The lowest BCUT2D eigenvalue weighted by Gasteiger charge is -2.17. The molecular weight excluding hydrogens is 268 g/mol. The van der Waals surface area contributed by atoms with Crippen LogP contribution < -0.4 is 10.9 Å². The summed E-state index contributed by atoms with van der Waals surface area (Å²) < 4.78 is 5.18. The number of hydrogen-bond donors (Lipinski definition) is 2. The molecule has 4 rings (SSSR count). The maximum absolute atomic E-state index is 11.7. The quantitative estimate of drug-likeness (QED) is 0.811. The molecule has 0 amide bonds. The van der Waals surface area contributed by atoms with Gasteiger partial charge < -0.3 is 14.8 Å². The molecule has 0 radical (unpaired) electrons. The SMILES string of the molecule is O=c1cc(CN2CC3CNCC3C2)c2ccc(O)cc2o1. The summed E-state index contributed by atoms with van der Waals surface area (Å²) in [5.41, 5.74) is 1.08. The number of nitrogens with one attached hydrogen (secondary N) is 1. The number of fused-ring (bicyclic) bond motifs is 2. The van der Waals surface area contributed by atoms with E-state index in [4.69, 9.17) is 4.42 Å². The number of hydrogen-bond acceptors (Lipinski definition) is 5. The molecule has 5 nitrogen and oxygen atoms in total. The molecule has 21 heavy (non-hydrogen) atoms. The Balaban J connectivity index is 1.66. The minimum atomic E-state index is -0.357. The van der Waals surface area contributed by atoms with Crippen molar-refractivity contribution in [3.63, 3.8) is 0 Å². The van der Waals surface area contributed by atoms with Crippen molar-refractivity contribution in [2.24, 2.45) is 11.8 Å². The normalized spacial score (nSPS) is 25.5. The first-order chi connectivity index (χ1) is 10.2. The van der Waals surface area contributed by atoms with Crippen molar-refractivity contribution in [3.8, 4) is 5.75 Å². The number of rotatable bonds is 2. The Hall–Kier alpha value is -1.85. The fraction of sp³-hybridized carbons (Fsp3) is 0.438. The Morgan fingerprint density at radius 1 is 1.24 bits per heavy atom. The number of likely N-dealkylation sites (tertiary alicyclic amines) is 1. The van der Waals surface area contributed by atoms with Crippen LogP contribution in [-0.4, -0.2) is 36.2 Å². The van der Waals surface area contributed by atoms with Crippen LogP contribution in [0.4, 0.5) is 0 Å². The molecule has 2 aromatic rings. The highest BCUT2D eigenvalue weighted by atomic mass is 16.4. The van der Waals surface area contributed by atoms with Gasteiger partial charge in [0.05, 0.1) is 0 Å². The molecule has 2 saturated heterocycles. The topological polar surface area (TPSA) is 65.7 Å². The van der Waals surface area contributed by atoms with Crippen LogP contribution in [0.25, 0.3) is 11.0 Å². The maximum atomic E-state index is 11.7. The summed E-state index contributed by atoms with van der Waals surface area (Å²) >= 11 is 0. The predicted octanol–water partition coefficient (Wildman–Crippen LogP) is 1.15. The number of phenolic OH excluding ortho intramolecular Hbond substituents is 1. The van der Waals surface area contributed by atoms with E-state index in [1.807, 2.05) is 6.07 Å². The Labute approximate surface area is 122 Å². The molecule has 110 valence electrons. The number of phenols is 1. The molecule has 2 aliphatic rings. The molecule has 2 N–H and O–H groups in total. The van der Waals surface area contributed by atoms with Crippen LogP contribution in [0.1, 0.15) is 5.56 Å². The lowest BCUT2D eigenvalue weighted by molar-refractivity contribution is 0.306. The van der Waals surface area contributed by atoms with Crippen molar-refractivity contribution in [2.75, 3.05) is 26.2 Å². The molecule has 2 unspecified atom stereocenters. The molecule has 2 atom stereocenters. The zero-order chi connectivity index (χ0) is 14.4. The van der Waals surface area contributed by atoms with Gasteiger partial charge in [-0.05, 0) is 42.6 Å². The highest BCUT2D eigenvalue weighted by molar-refractivity contribution is 5.81. The van der Waals surface area contributed by atoms with Crippen LogP contribution in [0, 0.1) is 11.8 Å². The van der Waals surface area contributed by atoms with Gasteiger partial charge in [0.25, 0.3) is 0 Å². The lowest BCUT2D eigenvalue weighted by Crippen LogP contribution is -2.25. The van der Waals surface area contributed by atoms with Gasteiger partial charge in [-0.2, -0.15) is 0 Å². The molecule has 0 spiro atoms. The fourth-order valence-corrected chi connectivity index (χ4v) is 3.67. The summed E-state index contributed by atoms with van der Waals surface area (Å²) in [6.45, 7) is 5.13. The second kappa shape index (κ2) is 4.86. The molecule has 2 aliphatic heterocycles. The van der Waals surface area contributed by atoms with Crippen LogP contribution in [0.2, 0.25) is 0 Å². The smallest absolute Gasteiger partial charge is 0.336 e. The average Bonchev–Trinajstić information content (AvgIpc) is 2.98. The van der Waals surface area contributed by atoms with Crippen molar-refractivity contribution in [1.29, 1.82) is 0 Å². The Bertz CT molecular complexity index is 728. The van der Waals surface area contributed by atoms with Crippen molar-refractivity contribution >= 4 is 11.0 Å². The lowest BCUT2D eigenvalue weighted by atomic mass is 10.0. The van der Waals surface area contributed by atoms with Gasteiger partial charge in [0, 0.05) is 37.2 Å². The minimum absolute atomic E-state index is 0.115. The molecule has 0 saturated carbocycles. The number of aromatic hydroxyl groups is 1. The van der Waals surface area contributed by atoms with Crippen LogP contribution in [0.5, 0.6) is 5.75 Å². The van der Waals surface area contributed by atoms with E-state index in [0.29, 0.717) is 5.58 Å². The highest BCUT2D eigenvalue weighted by Crippen LogP contribution is 2.29. The van der Waals surface area contributed by atoms with Gasteiger partial charge in [0.15, 0.2) is 0 Å². The summed E-state index contributed by atoms with van der Waals surface area (Å²) in [5.74, 6) is 1.59. The Kier molecular flexibility index (Phi) is 2.97. The van der Waals surface area contributed by atoms with Gasteiger partial charge in [-0.3, -0.25) is 4.90 Å². The fourth-order valence-electron chi connectivity index (χ4n) is 3.67. The van der Waals surface area contributed by atoms with Crippen molar-refractivity contribution in [3.05, 3.63) is 40.2 Å². The van der Waals surface area contributed by atoms with E-state index in [1.165, 1.54) is 6.07 Å². The third kappa shape index (κ3) is 2.32. The van der Waals surface area contributed by atoms with E-state index in [-0.39, 0.29) is 11.4 Å². The average molecular weight is 286 g/mol. The zero-order valence-corrected chi connectivity index (χ0v) is 11.7. The second-order valence-corrected chi connectivity index (χ2v) is 6.14. The predicted molar refractivity (Wildman–Crippen MR) is 79.3 cm³/mol. The summed E-state index contributed by atoms with van der Waals surface area (Å²) in [7, 11) is 0. The third-order valence-electron chi connectivity index (χ3n) is 4.67. The van der Waals surface area contributed by atoms with Gasteiger partial charge in [-0.15, -0.1) is 0 Å². The van der Waals surface area contributed by atoms with Crippen molar-refractivity contribution < 1.29 is 9.52 Å². The summed E-state index contributed by atoms with van der Waals surface area (Å²) in [6, 6.07) is 6.53. The molecule has 1 aromatic heterocycles. The maximum Gasteiger partial charge on any atom is 0.336 e. The first kappa shape index (κ1) is 12.9. The summed E-state index contributed by atoms with van der Waals surface area (Å²) in [4.78, 5) is 14.1. The largest absolute Gasteiger partial charge is 0.508 e. The van der Waals surface area contributed by atoms with E-state index in [2.05, 4.69) is 10.2 Å². The first-order valence-corrected chi connectivity index (χ1v) is 7.38. The summed E-state index contributed by atoms with van der Waals surface area (Å²) in [5, 5.41) is 13.9. The number of nitrogens with zero attached hydrogens (tertiary/aromatic N) is 1. The molecule has 3 heterocycles. The van der Waals surface area contributed by atoms with Crippen molar-refractivity contribution in [2.45, 2.75) is 6.54 Å². The van der Waals surface area contributed by atoms with Gasteiger partial charge in [-0.25, -0.2) is 4.79 Å². The van der Waals surface area contributed by atoms with Crippen LogP contribution in [-0.2, 0) is 6.54 Å². The highest BCUT2D eigenvalue weighted by Gasteiger charge is 2.35. The monoisotopic (exact) mass is 286 g/mol. The van der Waals surface area contributed by atoms with Gasteiger partial charge >= 0.3 is 5.63 Å². The molecule has 5 heteroatoms. The minimum Gasteiger partial charge on any atom is -0.508 e. The molecule has 2 fully saturated rings. The van der Waals surface area contributed by atoms with Crippen LogP contribution >= 0.6 is 0 Å². The van der Waals surface area contributed by atoms with E-state index >= 15 is 0 Å². The van der Waals surface area contributed by atoms with Crippen LogP contribution in [0.3, 0.4) is 0 Å².